The first kappa shape index (κ1) is 11.6. The fraction of sp³-hybridized carbons (Fsp3) is 0. The number of carboxylic acids is 1. The minimum atomic E-state index is -1.54. The van der Waals surface area contributed by atoms with Crippen molar-refractivity contribution in [2.45, 2.75) is 0 Å². The number of hydrogen-bond acceptors (Lipinski definition) is 6. The van der Waals surface area contributed by atoms with Crippen molar-refractivity contribution in [3.05, 3.63) is 44.3 Å². The Bertz CT molecular complexity index is 731. The Morgan fingerprint density at radius 1 is 1.39 bits per heavy atom. The van der Waals surface area contributed by atoms with Gasteiger partial charge in [-0.2, -0.15) is 0 Å². The molecule has 0 bridgehead atoms. The number of phenolic OH excluding ortho intramolecular Hbond substituents is 1. The van der Waals surface area contributed by atoms with Crippen molar-refractivity contribution >= 4 is 22.6 Å². The van der Waals surface area contributed by atoms with Gasteiger partial charge >= 0.3 is 11.7 Å². The van der Waals surface area contributed by atoms with Crippen molar-refractivity contribution in [2.75, 3.05) is 0 Å². The van der Waals surface area contributed by atoms with E-state index in [2.05, 4.69) is 0 Å². The number of nitro benzene ring substituents is 1. The largest absolute Gasteiger partial charge is 0.502 e. The minimum absolute atomic E-state index is 0.176. The van der Waals surface area contributed by atoms with Crippen LogP contribution in [0.1, 0.15) is 10.6 Å². The van der Waals surface area contributed by atoms with Crippen molar-refractivity contribution in [3.63, 3.8) is 0 Å². The van der Waals surface area contributed by atoms with E-state index in [1.807, 2.05) is 0 Å². The number of aromatic carboxylic acids is 1. The molecule has 0 saturated carbocycles. The molecule has 8 heteroatoms. The number of fused-ring (bicyclic) bond motifs is 1. The van der Waals surface area contributed by atoms with E-state index in [1.165, 1.54) is 0 Å². The summed E-state index contributed by atoms with van der Waals surface area (Å²) in [5.41, 5.74) is -2.14. The third-order valence-corrected chi connectivity index (χ3v) is 2.24. The lowest BCUT2D eigenvalue weighted by Gasteiger charge is -2.01. The maximum Gasteiger partial charge on any atom is 0.371 e. The Morgan fingerprint density at radius 2 is 2.06 bits per heavy atom. The van der Waals surface area contributed by atoms with E-state index in [4.69, 9.17) is 9.52 Å². The van der Waals surface area contributed by atoms with Gasteiger partial charge in [-0.05, 0) is 12.1 Å². The zero-order valence-corrected chi connectivity index (χ0v) is 8.61. The second-order valence-corrected chi connectivity index (χ2v) is 3.35. The molecule has 0 aliphatic heterocycles. The molecule has 0 saturated heterocycles. The summed E-state index contributed by atoms with van der Waals surface area (Å²) >= 11 is 0. The van der Waals surface area contributed by atoms with Crippen molar-refractivity contribution in [2.24, 2.45) is 0 Å². The summed E-state index contributed by atoms with van der Waals surface area (Å²) in [6.45, 7) is 0. The quantitative estimate of drug-likeness (QED) is 0.603. The molecule has 1 heterocycles. The van der Waals surface area contributed by atoms with E-state index < -0.39 is 39.1 Å². The van der Waals surface area contributed by atoms with Gasteiger partial charge in [0.2, 0.25) is 11.3 Å². The van der Waals surface area contributed by atoms with E-state index in [-0.39, 0.29) is 5.39 Å². The van der Waals surface area contributed by atoms with Crippen LogP contribution in [0, 0.1) is 10.1 Å². The Kier molecular flexibility index (Phi) is 2.47. The molecular weight excluding hydrogens is 246 g/mol. The predicted octanol–water partition coefficient (Wildman–Crippen LogP) is 1.10. The van der Waals surface area contributed by atoms with Gasteiger partial charge in [0, 0.05) is 6.07 Å². The van der Waals surface area contributed by atoms with E-state index in [9.17, 15) is 24.8 Å². The molecule has 0 aliphatic rings. The van der Waals surface area contributed by atoms with Crippen LogP contribution in [0.5, 0.6) is 5.75 Å². The second kappa shape index (κ2) is 3.84. The summed E-state index contributed by atoms with van der Waals surface area (Å²) in [7, 11) is 0. The second-order valence-electron chi connectivity index (χ2n) is 3.35. The first-order valence-corrected chi connectivity index (χ1v) is 4.59. The van der Waals surface area contributed by atoms with Gasteiger partial charge in [0.15, 0.2) is 11.2 Å². The Balaban J connectivity index is 2.99. The highest BCUT2D eigenvalue weighted by atomic mass is 16.6. The van der Waals surface area contributed by atoms with E-state index >= 15 is 0 Å². The molecule has 2 rings (SSSR count). The number of carboxylic acid groups (broad SMARTS) is 1. The van der Waals surface area contributed by atoms with E-state index in [0.29, 0.717) is 6.07 Å². The molecule has 1 aromatic heterocycles. The molecular formula is C10H5NO7. The molecule has 18 heavy (non-hydrogen) atoms. The molecule has 0 unspecified atom stereocenters. The summed E-state index contributed by atoms with van der Waals surface area (Å²) in [4.78, 5) is 32.1. The zero-order chi connectivity index (χ0) is 13.4. The van der Waals surface area contributed by atoms with Gasteiger partial charge in [-0.3, -0.25) is 14.9 Å². The van der Waals surface area contributed by atoms with Crippen LogP contribution >= 0.6 is 0 Å². The Morgan fingerprint density at radius 3 is 2.61 bits per heavy atom. The van der Waals surface area contributed by atoms with Gasteiger partial charge in [0.25, 0.3) is 0 Å². The number of nitro groups is 1. The summed E-state index contributed by atoms with van der Waals surface area (Å²) in [5, 5.41) is 28.6. The van der Waals surface area contributed by atoms with Gasteiger partial charge in [0.1, 0.15) is 0 Å². The summed E-state index contributed by atoms with van der Waals surface area (Å²) in [5.74, 6) is -2.98. The van der Waals surface area contributed by atoms with Crippen LogP contribution in [0.15, 0.2) is 27.4 Å². The number of hydrogen-bond donors (Lipinski definition) is 2. The topological polar surface area (TPSA) is 131 Å². The summed E-state index contributed by atoms with van der Waals surface area (Å²) < 4.78 is 4.78. The van der Waals surface area contributed by atoms with E-state index in [0.717, 1.165) is 12.1 Å². The van der Waals surface area contributed by atoms with Crippen LogP contribution in [0.25, 0.3) is 11.0 Å². The molecule has 1 aromatic carbocycles. The molecule has 0 amide bonds. The summed E-state index contributed by atoms with van der Waals surface area (Å²) in [6, 6.07) is 2.80. The smallest absolute Gasteiger partial charge is 0.371 e. The molecule has 0 fully saturated rings. The van der Waals surface area contributed by atoms with Crippen LogP contribution in [0.3, 0.4) is 0 Å². The lowest BCUT2D eigenvalue weighted by molar-refractivity contribution is -0.384. The lowest BCUT2D eigenvalue weighted by atomic mass is 10.2. The molecule has 8 nitrogen and oxygen atoms in total. The molecule has 2 N–H and O–H groups in total. The molecule has 0 radical (unpaired) electrons. The van der Waals surface area contributed by atoms with Crippen LogP contribution in [-0.2, 0) is 0 Å². The minimum Gasteiger partial charge on any atom is -0.502 e. The number of carbonyl (C=O) groups is 1. The first-order valence-electron chi connectivity index (χ1n) is 4.59. The maximum absolute atomic E-state index is 11.6. The first-order chi connectivity index (χ1) is 8.41. The number of benzene rings is 1. The Labute approximate surface area is 97.8 Å². The third kappa shape index (κ3) is 1.65. The maximum atomic E-state index is 11.6. The number of phenols is 1. The van der Waals surface area contributed by atoms with Gasteiger partial charge in [-0.25, -0.2) is 4.79 Å². The lowest BCUT2D eigenvalue weighted by Crippen LogP contribution is -2.07. The fourth-order valence-electron chi connectivity index (χ4n) is 1.48. The van der Waals surface area contributed by atoms with Crippen LogP contribution in [-0.4, -0.2) is 21.1 Å². The Hall–Kier alpha value is -2.90. The third-order valence-electron chi connectivity index (χ3n) is 2.24. The monoisotopic (exact) mass is 251 g/mol. The fourth-order valence-corrected chi connectivity index (χ4v) is 1.48. The highest BCUT2D eigenvalue weighted by molar-refractivity contribution is 5.92. The predicted molar refractivity (Wildman–Crippen MR) is 57.8 cm³/mol. The zero-order valence-electron chi connectivity index (χ0n) is 8.61. The van der Waals surface area contributed by atoms with Gasteiger partial charge in [-0.1, -0.05) is 0 Å². The summed E-state index contributed by atoms with van der Waals surface area (Å²) in [6.07, 6.45) is 0. The molecule has 2 aromatic rings. The molecule has 92 valence electrons. The highest BCUT2D eigenvalue weighted by Crippen LogP contribution is 2.33. The molecule has 0 aliphatic carbocycles. The van der Waals surface area contributed by atoms with E-state index in [1.54, 1.807) is 0 Å². The van der Waals surface area contributed by atoms with Gasteiger partial charge < -0.3 is 14.6 Å². The van der Waals surface area contributed by atoms with Crippen LogP contribution < -0.4 is 5.43 Å². The van der Waals surface area contributed by atoms with Crippen molar-refractivity contribution < 1.29 is 24.3 Å². The van der Waals surface area contributed by atoms with Crippen LogP contribution in [0.4, 0.5) is 5.69 Å². The average molecular weight is 251 g/mol. The number of rotatable bonds is 2. The van der Waals surface area contributed by atoms with Gasteiger partial charge in [0.05, 0.1) is 10.3 Å². The molecule has 0 atom stereocenters. The highest BCUT2D eigenvalue weighted by Gasteiger charge is 2.23. The van der Waals surface area contributed by atoms with Crippen molar-refractivity contribution in [3.8, 4) is 5.75 Å². The standard InChI is InChI=1S/C10H5NO7/c12-5-2-1-4-6(13)3-7(10(14)15)18-9(4)8(5)11(16)17/h1-3,12H,(H,14,15). The van der Waals surface area contributed by atoms with Gasteiger partial charge in [-0.15, -0.1) is 0 Å². The SMILES string of the molecule is O=C(O)c1cc(=O)c2ccc(O)c([N+](=O)[O-])c2o1. The normalized spacial score (nSPS) is 10.4. The number of aromatic hydroxyl groups is 1. The van der Waals surface area contributed by atoms with Crippen molar-refractivity contribution in [1.29, 1.82) is 0 Å². The van der Waals surface area contributed by atoms with Crippen molar-refractivity contribution in [1.82, 2.24) is 0 Å². The number of nitrogens with zero attached hydrogens (tertiary/aromatic N) is 1. The average Bonchev–Trinajstić information content (AvgIpc) is 2.27. The van der Waals surface area contributed by atoms with Crippen LogP contribution in [0.2, 0.25) is 0 Å². The molecule has 0 spiro atoms.